The molecule has 3 aromatic rings. The monoisotopic (exact) mass is 343 g/mol. The van der Waals surface area contributed by atoms with Gasteiger partial charge in [0.25, 0.3) is 5.56 Å². The molecule has 3 heterocycles. The molecule has 0 aliphatic carbocycles. The first kappa shape index (κ1) is 15.0. The van der Waals surface area contributed by atoms with Crippen LogP contribution >= 0.6 is 11.6 Å². The van der Waals surface area contributed by atoms with Crippen molar-refractivity contribution in [2.45, 2.75) is 0 Å². The summed E-state index contributed by atoms with van der Waals surface area (Å²) in [5.74, 6) is 0.342. The standard InChI is InChI=1S/C16H14ClN5O2/c17-15-13(21-5-7-24-8-6-21)9-19-22(16(15)23)14-10-18-11-3-1-2-4-12(11)20-14/h1-4,9-10H,5-8H2. The first-order chi connectivity index (χ1) is 11.7. The number of anilines is 1. The van der Waals surface area contributed by atoms with Gasteiger partial charge in [-0.05, 0) is 12.1 Å². The number of rotatable bonds is 2. The van der Waals surface area contributed by atoms with Gasteiger partial charge in [0.15, 0.2) is 5.82 Å². The summed E-state index contributed by atoms with van der Waals surface area (Å²) in [6.45, 7) is 2.58. The lowest BCUT2D eigenvalue weighted by Gasteiger charge is -2.29. The highest BCUT2D eigenvalue weighted by Gasteiger charge is 2.19. The summed E-state index contributed by atoms with van der Waals surface area (Å²) in [6, 6.07) is 7.44. The third-order valence-electron chi connectivity index (χ3n) is 3.91. The highest BCUT2D eigenvalue weighted by atomic mass is 35.5. The van der Waals surface area contributed by atoms with Crippen molar-refractivity contribution < 1.29 is 4.74 Å². The molecule has 1 fully saturated rings. The van der Waals surface area contributed by atoms with Crippen LogP contribution in [0.3, 0.4) is 0 Å². The van der Waals surface area contributed by atoms with Crippen LogP contribution in [0.4, 0.5) is 5.69 Å². The molecule has 1 aliphatic rings. The quantitative estimate of drug-likeness (QED) is 0.704. The van der Waals surface area contributed by atoms with Crippen LogP contribution in [0.1, 0.15) is 0 Å². The first-order valence-corrected chi connectivity index (χ1v) is 7.94. The van der Waals surface area contributed by atoms with Crippen LogP contribution in [0.25, 0.3) is 16.9 Å². The smallest absolute Gasteiger partial charge is 0.293 e. The number of aromatic nitrogens is 4. The van der Waals surface area contributed by atoms with E-state index in [1.165, 1.54) is 10.9 Å². The number of fused-ring (bicyclic) bond motifs is 1. The zero-order chi connectivity index (χ0) is 16.5. The van der Waals surface area contributed by atoms with E-state index in [1.807, 2.05) is 29.2 Å². The van der Waals surface area contributed by atoms with Gasteiger partial charge in [0.1, 0.15) is 5.02 Å². The van der Waals surface area contributed by atoms with E-state index in [2.05, 4.69) is 15.1 Å². The van der Waals surface area contributed by atoms with Crippen molar-refractivity contribution >= 4 is 28.3 Å². The Balaban J connectivity index is 1.77. The third-order valence-corrected chi connectivity index (χ3v) is 4.26. The second kappa shape index (κ2) is 6.18. The summed E-state index contributed by atoms with van der Waals surface area (Å²) < 4.78 is 6.49. The maximum Gasteiger partial charge on any atom is 0.293 e. The number of morpholine rings is 1. The van der Waals surface area contributed by atoms with Crippen molar-refractivity contribution in [1.29, 1.82) is 0 Å². The number of hydrogen-bond acceptors (Lipinski definition) is 6. The second-order valence-electron chi connectivity index (χ2n) is 5.38. The highest BCUT2D eigenvalue weighted by Crippen LogP contribution is 2.22. The van der Waals surface area contributed by atoms with E-state index in [9.17, 15) is 4.79 Å². The topological polar surface area (TPSA) is 73.1 Å². The minimum atomic E-state index is -0.412. The van der Waals surface area contributed by atoms with E-state index >= 15 is 0 Å². The summed E-state index contributed by atoms with van der Waals surface area (Å²) in [5, 5.41) is 4.35. The molecule has 0 radical (unpaired) electrons. The molecule has 4 rings (SSSR count). The van der Waals surface area contributed by atoms with Crippen molar-refractivity contribution in [3.8, 4) is 5.82 Å². The predicted octanol–water partition coefficient (Wildman–Crippen LogP) is 1.67. The van der Waals surface area contributed by atoms with E-state index in [4.69, 9.17) is 16.3 Å². The second-order valence-corrected chi connectivity index (χ2v) is 5.76. The van der Waals surface area contributed by atoms with Crippen molar-refractivity contribution in [3.63, 3.8) is 0 Å². The maximum atomic E-state index is 12.6. The Morgan fingerprint density at radius 2 is 1.83 bits per heavy atom. The number of nitrogens with zero attached hydrogens (tertiary/aromatic N) is 5. The lowest BCUT2D eigenvalue weighted by molar-refractivity contribution is 0.122. The molecule has 8 heteroatoms. The molecule has 2 aromatic heterocycles. The van der Waals surface area contributed by atoms with Gasteiger partial charge in [-0.15, -0.1) is 0 Å². The van der Waals surface area contributed by atoms with Gasteiger partial charge in [-0.1, -0.05) is 23.7 Å². The molecule has 1 aliphatic heterocycles. The van der Waals surface area contributed by atoms with Gasteiger partial charge in [-0.25, -0.2) is 4.98 Å². The number of benzene rings is 1. The van der Waals surface area contributed by atoms with Crippen molar-refractivity contribution in [2.75, 3.05) is 31.2 Å². The Kier molecular flexibility index (Phi) is 3.87. The fourth-order valence-corrected chi connectivity index (χ4v) is 2.91. The molecule has 1 aromatic carbocycles. The van der Waals surface area contributed by atoms with Crippen molar-refractivity contribution in [2.24, 2.45) is 0 Å². The summed E-state index contributed by atoms with van der Waals surface area (Å²) >= 11 is 6.30. The summed E-state index contributed by atoms with van der Waals surface area (Å²) in [7, 11) is 0. The van der Waals surface area contributed by atoms with Crippen LogP contribution < -0.4 is 10.5 Å². The van der Waals surface area contributed by atoms with Gasteiger partial charge in [0, 0.05) is 13.1 Å². The van der Waals surface area contributed by atoms with Crippen LogP contribution in [0.15, 0.2) is 41.5 Å². The Labute approximate surface area is 142 Å². The lowest BCUT2D eigenvalue weighted by Crippen LogP contribution is -2.38. The predicted molar refractivity (Wildman–Crippen MR) is 91.0 cm³/mol. The fourth-order valence-electron chi connectivity index (χ4n) is 2.66. The normalized spacial score (nSPS) is 15.0. The fraction of sp³-hybridized carbons (Fsp3) is 0.250. The zero-order valence-corrected chi connectivity index (χ0v) is 13.5. The van der Waals surface area contributed by atoms with Gasteiger partial charge in [0.2, 0.25) is 0 Å². The Morgan fingerprint density at radius 1 is 1.08 bits per heavy atom. The molecular weight excluding hydrogens is 330 g/mol. The molecule has 0 bridgehead atoms. The van der Waals surface area contributed by atoms with Crippen LogP contribution in [0.2, 0.25) is 5.02 Å². The first-order valence-electron chi connectivity index (χ1n) is 7.57. The molecule has 7 nitrogen and oxygen atoms in total. The van der Waals surface area contributed by atoms with Gasteiger partial charge >= 0.3 is 0 Å². The number of halogens is 1. The highest BCUT2D eigenvalue weighted by molar-refractivity contribution is 6.33. The van der Waals surface area contributed by atoms with Gasteiger partial charge < -0.3 is 9.64 Å². The number of para-hydroxylation sites is 2. The van der Waals surface area contributed by atoms with Gasteiger partial charge in [-0.3, -0.25) is 9.78 Å². The molecule has 0 unspecified atom stereocenters. The third kappa shape index (κ3) is 2.61. The molecule has 122 valence electrons. The minimum absolute atomic E-state index is 0.127. The summed E-state index contributed by atoms with van der Waals surface area (Å²) in [4.78, 5) is 23.4. The van der Waals surface area contributed by atoms with Crippen molar-refractivity contribution in [1.82, 2.24) is 19.7 Å². The Bertz CT molecular complexity index is 953. The van der Waals surface area contributed by atoms with Crippen LogP contribution in [0.5, 0.6) is 0 Å². The minimum Gasteiger partial charge on any atom is -0.378 e. The SMILES string of the molecule is O=c1c(Cl)c(N2CCOCC2)cnn1-c1cnc2ccccc2n1. The number of ether oxygens (including phenoxy) is 1. The Morgan fingerprint density at radius 3 is 2.62 bits per heavy atom. The van der Waals surface area contributed by atoms with E-state index in [0.29, 0.717) is 43.3 Å². The Hall–Kier alpha value is -2.51. The average molecular weight is 344 g/mol. The summed E-state index contributed by atoms with van der Waals surface area (Å²) in [5.41, 5.74) is 1.66. The van der Waals surface area contributed by atoms with E-state index < -0.39 is 5.56 Å². The van der Waals surface area contributed by atoms with E-state index in [0.717, 1.165) is 5.52 Å². The molecule has 24 heavy (non-hydrogen) atoms. The van der Waals surface area contributed by atoms with Crippen molar-refractivity contribution in [3.05, 3.63) is 52.0 Å². The van der Waals surface area contributed by atoms with Crippen LogP contribution in [-0.4, -0.2) is 46.1 Å². The number of hydrogen-bond donors (Lipinski definition) is 0. The van der Waals surface area contributed by atoms with E-state index in [-0.39, 0.29) is 5.02 Å². The lowest BCUT2D eigenvalue weighted by atomic mass is 10.3. The molecule has 1 saturated heterocycles. The zero-order valence-electron chi connectivity index (χ0n) is 12.7. The average Bonchev–Trinajstić information content (AvgIpc) is 2.64. The molecule has 0 amide bonds. The van der Waals surface area contributed by atoms with Crippen LogP contribution in [-0.2, 0) is 4.74 Å². The molecule has 0 N–H and O–H groups in total. The van der Waals surface area contributed by atoms with Crippen LogP contribution in [0, 0.1) is 0 Å². The summed E-state index contributed by atoms with van der Waals surface area (Å²) in [6.07, 6.45) is 3.10. The molecule has 0 spiro atoms. The molecular formula is C16H14ClN5O2. The maximum absolute atomic E-state index is 12.6. The van der Waals surface area contributed by atoms with Gasteiger partial charge in [-0.2, -0.15) is 9.78 Å². The molecule has 0 atom stereocenters. The van der Waals surface area contributed by atoms with Gasteiger partial charge in [0.05, 0.1) is 42.3 Å². The van der Waals surface area contributed by atoms with E-state index in [1.54, 1.807) is 6.20 Å². The molecule has 0 saturated carbocycles. The largest absolute Gasteiger partial charge is 0.378 e.